The molecule has 3 rings (SSSR count). The van der Waals surface area contributed by atoms with Crippen molar-refractivity contribution in [3.63, 3.8) is 0 Å². The average molecular weight is 375 g/mol. The van der Waals surface area contributed by atoms with Gasteiger partial charge in [-0.3, -0.25) is 4.98 Å². The lowest BCUT2D eigenvalue weighted by Crippen LogP contribution is -2.11. The molecule has 3 aromatic rings. The second-order valence-corrected chi connectivity index (χ2v) is 5.39. The first-order chi connectivity index (χ1) is 12.8. The van der Waals surface area contributed by atoms with Crippen molar-refractivity contribution in [1.29, 1.82) is 0 Å². The molecule has 0 saturated carbocycles. The van der Waals surface area contributed by atoms with Gasteiger partial charge in [0, 0.05) is 18.5 Å². The van der Waals surface area contributed by atoms with Crippen LogP contribution >= 0.6 is 0 Å². The van der Waals surface area contributed by atoms with Gasteiger partial charge in [0.25, 0.3) is 0 Å². The number of nitrogens with zero attached hydrogens (tertiary/aromatic N) is 3. The highest BCUT2D eigenvalue weighted by Crippen LogP contribution is 2.30. The molecule has 0 aliphatic heterocycles. The molecule has 138 valence electrons. The minimum Gasteiger partial charge on any atom is -0.439 e. The van der Waals surface area contributed by atoms with Crippen LogP contribution in [0.25, 0.3) is 0 Å². The third-order valence-corrected chi connectivity index (χ3v) is 3.31. The van der Waals surface area contributed by atoms with Crippen LogP contribution in [0.3, 0.4) is 0 Å². The highest BCUT2D eigenvalue weighted by Gasteiger charge is 2.30. The first-order valence-electron chi connectivity index (χ1n) is 7.63. The van der Waals surface area contributed by atoms with Crippen LogP contribution in [0.5, 0.6) is 17.4 Å². The number of hydrogen-bond donors (Lipinski definition) is 0. The topological polar surface area (TPSA) is 74.2 Å². The van der Waals surface area contributed by atoms with E-state index in [2.05, 4.69) is 15.0 Å². The van der Waals surface area contributed by atoms with Crippen molar-refractivity contribution in [2.24, 2.45) is 0 Å². The van der Waals surface area contributed by atoms with E-state index in [1.54, 1.807) is 6.92 Å². The van der Waals surface area contributed by atoms with Gasteiger partial charge in [-0.2, -0.15) is 13.2 Å². The van der Waals surface area contributed by atoms with E-state index in [4.69, 9.17) is 9.47 Å². The summed E-state index contributed by atoms with van der Waals surface area (Å²) in [4.78, 5) is 23.5. The van der Waals surface area contributed by atoms with E-state index in [1.807, 2.05) is 0 Å². The summed E-state index contributed by atoms with van der Waals surface area (Å²) >= 11 is 0. The molecule has 0 fully saturated rings. The molecule has 0 atom stereocenters. The Kier molecular flexibility index (Phi) is 5.02. The Morgan fingerprint density at radius 2 is 1.59 bits per heavy atom. The third kappa shape index (κ3) is 4.78. The maximum atomic E-state index is 12.5. The minimum absolute atomic E-state index is 0.00248. The summed E-state index contributed by atoms with van der Waals surface area (Å²) in [6.45, 7) is 1.74. The maximum absolute atomic E-state index is 12.5. The molecule has 0 radical (unpaired) electrons. The van der Waals surface area contributed by atoms with Crippen LogP contribution in [0.15, 0.2) is 55.0 Å². The third-order valence-electron chi connectivity index (χ3n) is 3.31. The second-order valence-electron chi connectivity index (χ2n) is 5.39. The van der Waals surface area contributed by atoms with Crippen molar-refractivity contribution in [1.82, 2.24) is 15.0 Å². The fourth-order valence-corrected chi connectivity index (χ4v) is 1.96. The van der Waals surface area contributed by atoms with Gasteiger partial charge in [-0.1, -0.05) is 0 Å². The number of esters is 1. The quantitative estimate of drug-likeness (QED) is 0.502. The zero-order valence-electron chi connectivity index (χ0n) is 13.9. The summed E-state index contributed by atoms with van der Waals surface area (Å²) in [7, 11) is 0. The number of pyridine rings is 1. The number of aromatic nitrogens is 3. The molecule has 0 bridgehead atoms. The van der Waals surface area contributed by atoms with Crippen LogP contribution in [0.4, 0.5) is 13.2 Å². The number of carbonyl (C=O) groups excluding carboxylic acids is 1. The van der Waals surface area contributed by atoms with Gasteiger partial charge >= 0.3 is 12.1 Å². The number of rotatable bonds is 4. The highest BCUT2D eigenvalue weighted by molar-refractivity contribution is 5.88. The minimum atomic E-state index is -4.46. The lowest BCUT2D eigenvalue weighted by molar-refractivity contribution is -0.137. The lowest BCUT2D eigenvalue weighted by Gasteiger charge is -2.08. The second kappa shape index (κ2) is 7.40. The zero-order valence-corrected chi connectivity index (χ0v) is 13.9. The van der Waals surface area contributed by atoms with Crippen molar-refractivity contribution in [3.05, 3.63) is 71.9 Å². The van der Waals surface area contributed by atoms with E-state index in [1.165, 1.54) is 36.7 Å². The molecule has 0 aliphatic carbocycles. The van der Waals surface area contributed by atoms with Gasteiger partial charge in [-0.25, -0.2) is 14.8 Å². The van der Waals surface area contributed by atoms with E-state index in [0.29, 0.717) is 17.6 Å². The first-order valence-corrected chi connectivity index (χ1v) is 7.63. The molecule has 0 N–H and O–H groups in total. The standard InChI is InChI=1S/C18H12F3N3O3/c1-11-8-23-15(10-22-11)17(25)27-14-5-3-13(4-6-14)26-16-7-2-12(9-24-16)18(19,20)21/h2-10H,1H3. The van der Waals surface area contributed by atoms with Crippen molar-refractivity contribution in [2.75, 3.05) is 0 Å². The molecular weight excluding hydrogens is 363 g/mol. The van der Waals surface area contributed by atoms with Gasteiger partial charge in [0.1, 0.15) is 11.5 Å². The molecule has 0 unspecified atom stereocenters. The Labute approximate surface area is 151 Å². The van der Waals surface area contributed by atoms with Gasteiger partial charge < -0.3 is 9.47 Å². The van der Waals surface area contributed by atoms with E-state index in [-0.39, 0.29) is 17.3 Å². The van der Waals surface area contributed by atoms with Gasteiger partial charge in [0.05, 0.1) is 17.5 Å². The summed E-state index contributed by atoms with van der Waals surface area (Å²) < 4.78 is 48.0. The monoisotopic (exact) mass is 375 g/mol. The SMILES string of the molecule is Cc1cnc(C(=O)Oc2ccc(Oc3ccc(C(F)(F)F)cn3)cc2)cn1. The van der Waals surface area contributed by atoms with Crippen LogP contribution in [-0.4, -0.2) is 20.9 Å². The smallest absolute Gasteiger partial charge is 0.417 e. The largest absolute Gasteiger partial charge is 0.439 e. The normalized spacial score (nSPS) is 11.1. The first kappa shape index (κ1) is 18.3. The Balaban J connectivity index is 1.63. The maximum Gasteiger partial charge on any atom is 0.417 e. The Morgan fingerprint density at radius 3 is 2.15 bits per heavy atom. The number of halogens is 3. The Bertz CT molecular complexity index is 925. The van der Waals surface area contributed by atoms with Gasteiger partial charge in [0.2, 0.25) is 5.88 Å². The Morgan fingerprint density at radius 1 is 0.889 bits per heavy atom. The van der Waals surface area contributed by atoms with Gasteiger partial charge in [0.15, 0.2) is 5.69 Å². The van der Waals surface area contributed by atoms with Crippen LogP contribution in [0.2, 0.25) is 0 Å². The summed E-state index contributed by atoms with van der Waals surface area (Å²) in [6, 6.07) is 7.91. The molecule has 6 nitrogen and oxygen atoms in total. The average Bonchev–Trinajstić information content (AvgIpc) is 2.63. The molecular formula is C18H12F3N3O3. The van der Waals surface area contributed by atoms with E-state index >= 15 is 0 Å². The molecule has 1 aromatic carbocycles. The number of benzene rings is 1. The molecule has 0 spiro atoms. The van der Waals surface area contributed by atoms with Crippen molar-refractivity contribution in [3.8, 4) is 17.4 Å². The summed E-state index contributed by atoms with van der Waals surface area (Å²) in [5, 5.41) is 0. The highest BCUT2D eigenvalue weighted by atomic mass is 19.4. The number of hydrogen-bond acceptors (Lipinski definition) is 6. The summed E-state index contributed by atoms with van der Waals surface area (Å²) in [5.74, 6) is -0.101. The van der Waals surface area contributed by atoms with Crippen LogP contribution < -0.4 is 9.47 Å². The fraction of sp³-hybridized carbons (Fsp3) is 0.111. The van der Waals surface area contributed by atoms with Crippen LogP contribution in [-0.2, 0) is 6.18 Å². The summed E-state index contributed by atoms with van der Waals surface area (Å²) in [5.41, 5.74) is -0.129. The van der Waals surface area contributed by atoms with Crippen LogP contribution in [0, 0.1) is 6.92 Å². The molecule has 0 saturated heterocycles. The number of aryl methyl sites for hydroxylation is 1. The predicted molar refractivity (Wildman–Crippen MR) is 87.5 cm³/mol. The lowest BCUT2D eigenvalue weighted by atomic mass is 10.3. The summed E-state index contributed by atoms with van der Waals surface area (Å²) in [6.07, 6.45) is -1.01. The number of ether oxygens (including phenoxy) is 2. The molecule has 0 aliphatic rings. The molecule has 9 heteroatoms. The van der Waals surface area contributed by atoms with E-state index in [9.17, 15) is 18.0 Å². The molecule has 2 aromatic heterocycles. The molecule has 0 amide bonds. The van der Waals surface area contributed by atoms with E-state index in [0.717, 1.165) is 12.1 Å². The zero-order chi connectivity index (χ0) is 19.4. The van der Waals surface area contributed by atoms with Crippen molar-refractivity contribution >= 4 is 5.97 Å². The van der Waals surface area contributed by atoms with Gasteiger partial charge in [-0.15, -0.1) is 0 Å². The number of alkyl halides is 3. The number of carbonyl (C=O) groups is 1. The molecule has 27 heavy (non-hydrogen) atoms. The van der Waals surface area contributed by atoms with E-state index < -0.39 is 17.7 Å². The van der Waals surface area contributed by atoms with Gasteiger partial charge in [-0.05, 0) is 37.3 Å². The predicted octanol–water partition coefficient (Wildman–Crippen LogP) is 4.21. The fourth-order valence-electron chi connectivity index (χ4n) is 1.96. The van der Waals surface area contributed by atoms with Crippen molar-refractivity contribution in [2.45, 2.75) is 13.1 Å². The Hall–Kier alpha value is -3.49. The molecule has 2 heterocycles. The van der Waals surface area contributed by atoms with Crippen LogP contribution in [0.1, 0.15) is 21.7 Å². The van der Waals surface area contributed by atoms with Crippen molar-refractivity contribution < 1.29 is 27.4 Å².